The Hall–Kier alpha value is -0.550. The van der Waals surface area contributed by atoms with Gasteiger partial charge in [0.15, 0.2) is 0 Å². The fraction of sp³-hybridized carbons (Fsp3) is 0.769. The van der Waals surface area contributed by atoms with E-state index in [0.717, 1.165) is 43.0 Å². The van der Waals surface area contributed by atoms with E-state index in [1.165, 1.54) is 0 Å². The van der Waals surface area contributed by atoms with E-state index in [1.807, 2.05) is 0 Å². The molecule has 1 aromatic heterocycles. The Labute approximate surface area is 119 Å². The molecule has 1 atom stereocenters. The minimum absolute atomic E-state index is 0.117. The van der Waals surface area contributed by atoms with Gasteiger partial charge in [0, 0.05) is 29.6 Å². The molecule has 0 saturated carbocycles. The minimum Gasteiger partial charge on any atom is -0.331 e. The molecule has 2 heterocycles. The van der Waals surface area contributed by atoms with Crippen LogP contribution < -0.4 is 0 Å². The molecule has 0 amide bonds. The lowest BCUT2D eigenvalue weighted by molar-refractivity contribution is 0.509. The zero-order valence-electron chi connectivity index (χ0n) is 11.7. The standard InChI is InChI=1S/C13H21ClN2O2S/c1-9(2)10(3)13-11(8-19(14,17)18)16-7-5-4-6-12(16)15-13/h9-10H,4-8H2,1-3H3. The molecule has 1 aromatic rings. The highest BCUT2D eigenvalue weighted by atomic mass is 35.7. The largest absolute Gasteiger partial charge is 0.331 e. The molecule has 0 spiro atoms. The molecular weight excluding hydrogens is 284 g/mol. The second kappa shape index (κ2) is 5.44. The first-order valence-corrected chi connectivity index (χ1v) is 9.28. The molecule has 0 aromatic carbocycles. The Bertz CT molecular complexity index is 563. The van der Waals surface area contributed by atoms with Crippen LogP contribution in [0.1, 0.15) is 56.7 Å². The zero-order valence-corrected chi connectivity index (χ0v) is 13.3. The molecule has 0 radical (unpaired) electrons. The van der Waals surface area contributed by atoms with Crippen LogP contribution in [0.2, 0.25) is 0 Å². The highest BCUT2D eigenvalue weighted by molar-refractivity contribution is 8.13. The molecule has 0 aliphatic carbocycles. The van der Waals surface area contributed by atoms with E-state index in [9.17, 15) is 8.42 Å². The van der Waals surface area contributed by atoms with Gasteiger partial charge in [-0.2, -0.15) is 0 Å². The zero-order chi connectivity index (χ0) is 14.2. The van der Waals surface area contributed by atoms with Crippen LogP contribution in [-0.2, 0) is 27.8 Å². The maximum atomic E-state index is 11.5. The van der Waals surface area contributed by atoms with Gasteiger partial charge in [-0.1, -0.05) is 20.8 Å². The van der Waals surface area contributed by atoms with Gasteiger partial charge in [-0.25, -0.2) is 13.4 Å². The van der Waals surface area contributed by atoms with Gasteiger partial charge in [0.1, 0.15) is 11.6 Å². The first-order chi connectivity index (χ1) is 8.79. The third-order valence-corrected chi connectivity index (χ3v) is 4.90. The van der Waals surface area contributed by atoms with E-state index < -0.39 is 9.05 Å². The SMILES string of the molecule is CC(C)C(C)c1nc2n(c1CS(=O)(=O)Cl)CCCC2. The molecule has 0 fully saturated rings. The number of aromatic nitrogens is 2. The normalized spacial score (nSPS) is 17.5. The van der Waals surface area contributed by atoms with Gasteiger partial charge in [-0.05, 0) is 18.8 Å². The predicted molar refractivity (Wildman–Crippen MR) is 76.9 cm³/mol. The summed E-state index contributed by atoms with van der Waals surface area (Å²) in [5, 5.41) is 0. The Morgan fingerprint density at radius 2 is 2.00 bits per heavy atom. The van der Waals surface area contributed by atoms with Crippen LogP contribution in [0.4, 0.5) is 0 Å². The number of nitrogens with zero attached hydrogens (tertiary/aromatic N) is 2. The molecule has 108 valence electrons. The third kappa shape index (κ3) is 3.31. The lowest BCUT2D eigenvalue weighted by atomic mass is 9.93. The van der Waals surface area contributed by atoms with Crippen molar-refractivity contribution in [2.75, 3.05) is 0 Å². The summed E-state index contributed by atoms with van der Waals surface area (Å²) in [7, 11) is 1.90. The molecule has 4 nitrogen and oxygen atoms in total. The third-order valence-electron chi connectivity index (χ3n) is 3.96. The molecular formula is C13H21ClN2O2S. The topological polar surface area (TPSA) is 52.0 Å². The van der Waals surface area contributed by atoms with Gasteiger partial charge in [0.05, 0.1) is 11.4 Å². The Morgan fingerprint density at radius 1 is 1.32 bits per heavy atom. The first-order valence-electron chi connectivity index (χ1n) is 6.80. The molecule has 1 aliphatic rings. The lowest BCUT2D eigenvalue weighted by Gasteiger charge is -2.18. The number of aryl methyl sites for hydroxylation is 1. The molecule has 2 rings (SSSR count). The molecule has 1 unspecified atom stereocenters. The second-order valence-electron chi connectivity index (χ2n) is 5.68. The summed E-state index contributed by atoms with van der Waals surface area (Å²) >= 11 is 0. The summed E-state index contributed by atoms with van der Waals surface area (Å²) in [5.41, 5.74) is 1.71. The van der Waals surface area contributed by atoms with Gasteiger partial charge >= 0.3 is 0 Å². The van der Waals surface area contributed by atoms with Crippen LogP contribution in [-0.4, -0.2) is 18.0 Å². The summed E-state index contributed by atoms with van der Waals surface area (Å²) in [4.78, 5) is 4.70. The molecule has 19 heavy (non-hydrogen) atoms. The van der Waals surface area contributed by atoms with Crippen molar-refractivity contribution in [1.82, 2.24) is 9.55 Å². The number of imidazole rings is 1. The Balaban J connectivity index is 2.49. The maximum absolute atomic E-state index is 11.5. The average molecular weight is 305 g/mol. The molecule has 1 aliphatic heterocycles. The van der Waals surface area contributed by atoms with Gasteiger partial charge < -0.3 is 4.57 Å². The average Bonchev–Trinajstić information content (AvgIpc) is 2.65. The van der Waals surface area contributed by atoms with Gasteiger partial charge in [-0.15, -0.1) is 0 Å². The van der Waals surface area contributed by atoms with Crippen molar-refractivity contribution in [3.63, 3.8) is 0 Å². The van der Waals surface area contributed by atoms with Crippen LogP contribution in [0.5, 0.6) is 0 Å². The fourth-order valence-corrected chi connectivity index (χ4v) is 3.50. The number of halogens is 1. The molecule has 0 saturated heterocycles. The van der Waals surface area contributed by atoms with Crippen LogP contribution in [0, 0.1) is 5.92 Å². The highest BCUT2D eigenvalue weighted by Crippen LogP contribution is 2.31. The summed E-state index contributed by atoms with van der Waals surface area (Å²) < 4.78 is 25.0. The minimum atomic E-state index is -3.55. The Morgan fingerprint density at radius 3 is 2.58 bits per heavy atom. The van der Waals surface area contributed by atoms with E-state index in [1.54, 1.807) is 0 Å². The Kier molecular flexibility index (Phi) is 4.26. The molecule has 0 bridgehead atoms. The van der Waals surface area contributed by atoms with E-state index in [2.05, 4.69) is 25.3 Å². The van der Waals surface area contributed by atoms with Crippen molar-refractivity contribution in [3.8, 4) is 0 Å². The number of rotatable bonds is 4. The van der Waals surface area contributed by atoms with Gasteiger partial charge in [-0.3, -0.25) is 0 Å². The number of hydrogen-bond acceptors (Lipinski definition) is 3. The van der Waals surface area contributed by atoms with Crippen molar-refractivity contribution >= 4 is 19.7 Å². The van der Waals surface area contributed by atoms with Crippen LogP contribution >= 0.6 is 10.7 Å². The summed E-state index contributed by atoms with van der Waals surface area (Å²) in [6, 6.07) is 0. The van der Waals surface area contributed by atoms with Crippen LogP contribution in [0.25, 0.3) is 0 Å². The lowest BCUT2D eigenvalue weighted by Crippen LogP contribution is -2.15. The summed E-state index contributed by atoms with van der Waals surface area (Å²) in [5.74, 6) is 1.57. The van der Waals surface area contributed by atoms with Crippen LogP contribution in [0.15, 0.2) is 0 Å². The van der Waals surface area contributed by atoms with Gasteiger partial charge in [0.2, 0.25) is 9.05 Å². The van der Waals surface area contributed by atoms with Crippen molar-refractivity contribution in [2.24, 2.45) is 5.92 Å². The quantitative estimate of drug-likeness (QED) is 0.803. The van der Waals surface area contributed by atoms with Crippen molar-refractivity contribution < 1.29 is 8.42 Å². The number of fused-ring (bicyclic) bond motifs is 1. The van der Waals surface area contributed by atoms with E-state index in [4.69, 9.17) is 15.7 Å². The summed E-state index contributed by atoms with van der Waals surface area (Å²) in [6.07, 6.45) is 3.13. The van der Waals surface area contributed by atoms with Gasteiger partial charge in [0.25, 0.3) is 0 Å². The fourth-order valence-electron chi connectivity index (χ4n) is 2.56. The number of hydrogen-bond donors (Lipinski definition) is 0. The van der Waals surface area contributed by atoms with E-state index in [0.29, 0.717) is 5.92 Å². The van der Waals surface area contributed by atoms with E-state index >= 15 is 0 Å². The second-order valence-corrected chi connectivity index (χ2v) is 8.46. The predicted octanol–water partition coefficient (Wildman–Crippen LogP) is 3.05. The van der Waals surface area contributed by atoms with Crippen molar-refractivity contribution in [3.05, 3.63) is 17.2 Å². The van der Waals surface area contributed by atoms with Crippen LogP contribution in [0.3, 0.4) is 0 Å². The molecule has 0 N–H and O–H groups in total. The summed E-state index contributed by atoms with van der Waals surface area (Å²) in [6.45, 7) is 7.21. The smallest absolute Gasteiger partial charge is 0.238 e. The molecule has 6 heteroatoms. The monoisotopic (exact) mass is 304 g/mol. The van der Waals surface area contributed by atoms with Crippen molar-refractivity contribution in [2.45, 2.75) is 58.2 Å². The van der Waals surface area contributed by atoms with E-state index in [-0.39, 0.29) is 11.7 Å². The van der Waals surface area contributed by atoms with Crippen molar-refractivity contribution in [1.29, 1.82) is 0 Å². The first kappa shape index (κ1) is 14.9. The maximum Gasteiger partial charge on any atom is 0.238 e. The highest BCUT2D eigenvalue weighted by Gasteiger charge is 2.26.